The number of benzene rings is 6. The van der Waals surface area contributed by atoms with Crippen molar-refractivity contribution in [3.63, 3.8) is 0 Å². The molecular formula is C87H75F15N6. The van der Waals surface area contributed by atoms with Crippen molar-refractivity contribution < 1.29 is 65.9 Å². The number of H-pyrrole nitrogens is 3. The van der Waals surface area contributed by atoms with E-state index in [9.17, 15) is 0 Å². The minimum atomic E-state index is -2.38. The highest BCUT2D eigenvalue weighted by molar-refractivity contribution is 6.36. The largest absolute Gasteiger partial charge is 0.354 e. The Morgan fingerprint density at radius 1 is 0.204 bits per heavy atom. The maximum atomic E-state index is 17.1. The van der Waals surface area contributed by atoms with Gasteiger partial charge in [0.1, 0.15) is 0 Å². The van der Waals surface area contributed by atoms with Crippen molar-refractivity contribution in [2.75, 3.05) is 0 Å². The molecule has 3 aromatic heterocycles. The molecule has 10 heterocycles. The normalized spacial score (nSPS) is 14.6. The Morgan fingerprint density at radius 3 is 0.546 bits per heavy atom. The first-order valence-electron chi connectivity index (χ1n) is 36.6. The van der Waals surface area contributed by atoms with Gasteiger partial charge in [0.05, 0.1) is 67.0 Å². The van der Waals surface area contributed by atoms with E-state index in [1.807, 2.05) is 41.5 Å². The maximum absolute atomic E-state index is 17.1. The van der Waals surface area contributed by atoms with Crippen molar-refractivity contribution >= 4 is 50.9 Å². The van der Waals surface area contributed by atoms with Crippen LogP contribution < -0.4 is 31.7 Å². The predicted molar refractivity (Wildman–Crippen MR) is 390 cm³/mol. The molecule has 3 N–H and O–H groups in total. The molecule has 18 bridgehead atoms. The third-order valence-corrected chi connectivity index (χ3v) is 21.6. The van der Waals surface area contributed by atoms with Gasteiger partial charge in [0.2, 0.25) is 17.5 Å². The Balaban J connectivity index is 1.28. The van der Waals surface area contributed by atoms with Gasteiger partial charge in [0.15, 0.2) is 69.8 Å². The molecule has 6 nitrogen and oxygen atoms in total. The first-order valence-corrected chi connectivity index (χ1v) is 36.6. The maximum Gasteiger partial charge on any atom is 0.200 e. The summed E-state index contributed by atoms with van der Waals surface area (Å²) in [6.45, 7) is 21.6. The van der Waals surface area contributed by atoms with Crippen LogP contribution in [0.15, 0.2) is 121 Å². The molecule has 16 rings (SSSR count). The van der Waals surface area contributed by atoms with Gasteiger partial charge < -0.3 is 15.0 Å². The number of aliphatic imine (C=N–C) groups is 3. The van der Waals surface area contributed by atoms with E-state index in [-0.39, 0.29) is 110 Å². The highest BCUT2D eigenvalue weighted by Gasteiger charge is 2.39. The van der Waals surface area contributed by atoms with E-state index in [1.54, 1.807) is 114 Å². The van der Waals surface area contributed by atoms with Crippen molar-refractivity contribution in [3.8, 4) is 0 Å². The van der Waals surface area contributed by atoms with Gasteiger partial charge in [-0.3, -0.25) is 0 Å². The molecule has 7 aliphatic heterocycles. The Bertz CT molecular complexity index is 5630. The number of nitrogens with zero attached hydrogens (tertiary/aromatic N) is 3. The first kappa shape index (κ1) is 75.8. The predicted octanol–water partition coefficient (Wildman–Crippen LogP) is 18.0. The molecule has 558 valence electrons. The summed E-state index contributed by atoms with van der Waals surface area (Å²) in [5.41, 5.74) is 1.85. The lowest BCUT2D eigenvalue weighted by molar-refractivity contribution is 0.376. The van der Waals surface area contributed by atoms with Crippen LogP contribution in [0.1, 0.15) is 172 Å². The number of rotatable bonds is 15. The van der Waals surface area contributed by atoms with Crippen molar-refractivity contribution in [2.24, 2.45) is 15.0 Å². The summed E-state index contributed by atoms with van der Waals surface area (Å²) in [4.78, 5) is 25.6. The lowest BCUT2D eigenvalue weighted by Crippen LogP contribution is -2.23. The molecule has 6 aromatic carbocycles. The molecule has 0 saturated heterocycles. The zero-order valence-corrected chi connectivity index (χ0v) is 61.4. The zero-order valence-electron chi connectivity index (χ0n) is 61.4. The van der Waals surface area contributed by atoms with Crippen LogP contribution in [0.3, 0.4) is 0 Å². The number of allylic oxidation sites excluding steroid dienone is 3. The van der Waals surface area contributed by atoms with Gasteiger partial charge in [-0.15, -0.1) is 0 Å². The second-order valence-corrected chi connectivity index (χ2v) is 26.7. The van der Waals surface area contributed by atoms with Crippen molar-refractivity contribution in [1.29, 1.82) is 0 Å². The molecule has 0 saturated carbocycles. The fourth-order valence-electron chi connectivity index (χ4n) is 16.6. The second kappa shape index (κ2) is 29.6. The Morgan fingerprint density at radius 2 is 0.370 bits per heavy atom. The molecule has 7 aliphatic rings. The van der Waals surface area contributed by atoms with Gasteiger partial charge in [0.25, 0.3) is 0 Å². The summed E-state index contributed by atoms with van der Waals surface area (Å²) in [6, 6.07) is 20.7. The van der Waals surface area contributed by atoms with E-state index in [4.69, 9.17) is 15.0 Å². The number of hydrogen-bond acceptors (Lipinski definition) is 3. The molecule has 0 unspecified atom stereocenters. The average Bonchev–Trinajstić information content (AvgIpc) is 1.60. The van der Waals surface area contributed by atoms with Gasteiger partial charge in [-0.05, 0) is 160 Å². The van der Waals surface area contributed by atoms with Gasteiger partial charge in [-0.2, -0.15) is 0 Å². The van der Waals surface area contributed by atoms with Gasteiger partial charge in [0, 0.05) is 48.4 Å². The summed E-state index contributed by atoms with van der Waals surface area (Å²) in [5, 5.41) is 4.05. The minimum absolute atomic E-state index is 0.00469. The van der Waals surface area contributed by atoms with Gasteiger partial charge in [-0.1, -0.05) is 156 Å². The van der Waals surface area contributed by atoms with Crippen LogP contribution >= 0.6 is 0 Å². The highest BCUT2D eigenvalue weighted by Crippen LogP contribution is 2.42. The van der Waals surface area contributed by atoms with E-state index in [0.717, 1.165) is 0 Å². The van der Waals surface area contributed by atoms with Crippen molar-refractivity contribution in [2.45, 2.75) is 160 Å². The molecule has 9 aromatic rings. The van der Waals surface area contributed by atoms with Crippen molar-refractivity contribution in [3.05, 3.63) is 307 Å². The quantitative estimate of drug-likeness (QED) is 0.0519. The molecular weight excluding hydrogens is 1410 g/mol. The van der Waals surface area contributed by atoms with Gasteiger partial charge >= 0.3 is 0 Å². The standard InChI is InChI=1S/C87H75F15N6/c1-13-43-49(19-7)82-58(55-61(88)67(94)73(100)68(95)62(55)89)83-50(20-8)44(14-2)78(104-83)39-29-31-40(32-30-39)79-47(17-5)53(23-11)86(107-79)60(57-65(92)71(98)75(102)72(99)66(57)93)87-54(24-12)48(18-6)81(108-87)42-35-33-41(34-36-42)80-46(16-4)52(22-10)85(106-80)59(56-63(90)69(96)74(101)70(97)64(56)91)84-51(21-9)45(15-3)77(105-84)38-27-25-37(26-28-38)76(43)103-82/h25-36,103,106-107H,13-24H2,1-12H3. The Hall–Kier alpha value is -10.4. The molecule has 0 amide bonds. The van der Waals surface area contributed by atoms with Crippen LogP contribution in [0, 0.1) is 119 Å². The number of fused-ring (bicyclic) bond motifs is 3. The lowest BCUT2D eigenvalue weighted by Gasteiger charge is -2.15. The number of halogens is 15. The van der Waals surface area contributed by atoms with E-state index in [2.05, 4.69) is 15.0 Å². The average molecular weight is 1490 g/mol. The number of aromatic amines is 3. The summed E-state index contributed by atoms with van der Waals surface area (Å²) in [7, 11) is 0. The van der Waals surface area contributed by atoms with Crippen molar-refractivity contribution in [1.82, 2.24) is 15.0 Å². The topological polar surface area (TPSA) is 84.5 Å². The second-order valence-electron chi connectivity index (χ2n) is 26.7. The van der Waals surface area contributed by atoms with E-state index in [1.165, 1.54) is 0 Å². The Kier molecular flexibility index (Phi) is 20.8. The molecule has 0 fully saturated rings. The smallest absolute Gasteiger partial charge is 0.200 e. The lowest BCUT2D eigenvalue weighted by atomic mass is 9.89. The number of aromatic nitrogens is 3. The fourth-order valence-corrected chi connectivity index (χ4v) is 16.6. The fraction of sp³-hybridized carbons (Fsp3) is 0.276. The summed E-state index contributed by atoms with van der Waals surface area (Å²) < 4.78 is 244. The molecule has 0 radical (unpaired) electrons. The summed E-state index contributed by atoms with van der Waals surface area (Å²) >= 11 is 0. The van der Waals surface area contributed by atoms with Crippen LogP contribution in [0.25, 0.3) is 33.8 Å². The molecule has 108 heavy (non-hydrogen) atoms. The number of nitrogens with one attached hydrogen (secondary N) is 3. The van der Waals surface area contributed by atoms with Crippen LogP contribution in [0.4, 0.5) is 65.9 Å². The SMILES string of the molecule is CCC1=C(CC)C2=c3ccc(cc3)=c3[nH]c(c(CC)c3CC)=C(c3c(F)c(F)c(F)c(F)c3F)C3=NC(=c4ccc(cc4)=c4[nH]c(c(CC)c4CC)=C(c4c(F)c(F)c(F)c(F)c4F)C4=NC(=c5ccc(cc5)=c5[nH]c(c(CC)c5CC)=C(c5c(F)c(F)c(F)c(F)c5F)C1=N2)C(CC)=C4CC)C(CC)=C3CC. The number of hydrogen-bond donors (Lipinski definition) is 3. The van der Waals surface area contributed by atoms with E-state index >= 15 is 65.9 Å². The first-order chi connectivity index (χ1) is 51.8. The van der Waals surface area contributed by atoms with Crippen LogP contribution in [-0.2, 0) is 38.5 Å². The highest BCUT2D eigenvalue weighted by atomic mass is 19.2. The molecule has 21 heteroatoms. The van der Waals surface area contributed by atoms with E-state index in [0.29, 0.717) is 131 Å². The third-order valence-electron chi connectivity index (χ3n) is 21.6. The molecule has 0 spiro atoms. The zero-order chi connectivity index (χ0) is 77.7. The monoisotopic (exact) mass is 1490 g/mol. The third kappa shape index (κ3) is 11.6. The van der Waals surface area contributed by atoms with Gasteiger partial charge in [-0.25, -0.2) is 80.8 Å². The summed E-state index contributed by atoms with van der Waals surface area (Å²) in [6.07, 6.45) is 2.45. The summed E-state index contributed by atoms with van der Waals surface area (Å²) in [5.74, 6) is -33.0. The van der Waals surface area contributed by atoms with E-state index < -0.39 is 121 Å². The minimum Gasteiger partial charge on any atom is -0.354 e. The van der Waals surface area contributed by atoms with Crippen LogP contribution in [-0.4, -0.2) is 32.1 Å². The Labute approximate surface area is 611 Å². The van der Waals surface area contributed by atoms with Crippen LogP contribution in [0.5, 0.6) is 0 Å². The van der Waals surface area contributed by atoms with Crippen LogP contribution in [0.2, 0.25) is 0 Å². The molecule has 0 aliphatic carbocycles. The molecule has 0 atom stereocenters.